The van der Waals surface area contributed by atoms with Gasteiger partial charge in [-0.2, -0.15) is 0 Å². The van der Waals surface area contributed by atoms with E-state index in [0.29, 0.717) is 30.3 Å². The highest BCUT2D eigenvalue weighted by molar-refractivity contribution is 6.11. The van der Waals surface area contributed by atoms with E-state index < -0.39 is 0 Å². The molecule has 1 aliphatic rings. The summed E-state index contributed by atoms with van der Waals surface area (Å²) >= 11 is 0. The highest BCUT2D eigenvalue weighted by Crippen LogP contribution is 2.18. The highest BCUT2D eigenvalue weighted by Gasteiger charge is 2.20. The molecule has 0 aromatic heterocycles. The first kappa shape index (κ1) is 14.3. The number of carbonyl (C=O) groups excluding carboxylic acids is 1. The van der Waals surface area contributed by atoms with Crippen LogP contribution >= 0.6 is 0 Å². The summed E-state index contributed by atoms with van der Waals surface area (Å²) in [4.78, 5) is 18.5. The molecule has 0 spiro atoms. The van der Waals surface area contributed by atoms with Crippen LogP contribution < -0.4 is 10.2 Å². The third-order valence-corrected chi connectivity index (χ3v) is 3.44. The minimum atomic E-state index is -0.309. The number of hydrogen-bond donors (Lipinski definition) is 1. The number of rotatable bonds is 2. The summed E-state index contributed by atoms with van der Waals surface area (Å²) in [6, 6.07) is 15.2. The molecule has 0 unspecified atom stereocenters. The quantitative estimate of drug-likeness (QED) is 0.926. The van der Waals surface area contributed by atoms with Crippen molar-refractivity contribution in [2.75, 3.05) is 18.0 Å². The zero-order valence-corrected chi connectivity index (χ0v) is 12.0. The average Bonchev–Trinajstić information content (AvgIpc) is 2.56. The molecule has 0 aliphatic carbocycles. The number of aliphatic imine (C=N–C) groups is 1. The van der Waals surface area contributed by atoms with Crippen LogP contribution in [0.15, 0.2) is 59.6 Å². The summed E-state index contributed by atoms with van der Waals surface area (Å²) in [5.74, 6) is -0.0647. The molecule has 1 amide bonds. The van der Waals surface area contributed by atoms with Crippen LogP contribution in [0.3, 0.4) is 0 Å². The number of anilines is 1. The van der Waals surface area contributed by atoms with Gasteiger partial charge in [-0.15, -0.1) is 0 Å². The predicted octanol–water partition coefficient (Wildman–Crippen LogP) is 2.82. The molecule has 2 aromatic rings. The molecule has 0 fully saturated rings. The van der Waals surface area contributed by atoms with E-state index in [2.05, 4.69) is 10.3 Å². The number of nitrogens with zero attached hydrogens (tertiary/aromatic N) is 2. The third-order valence-electron chi connectivity index (χ3n) is 3.44. The van der Waals surface area contributed by atoms with Gasteiger partial charge in [-0.3, -0.25) is 15.1 Å². The van der Waals surface area contributed by atoms with Gasteiger partial charge in [-0.05, 0) is 36.8 Å². The van der Waals surface area contributed by atoms with E-state index in [0.717, 1.165) is 6.42 Å². The van der Waals surface area contributed by atoms with Crippen LogP contribution in [0.5, 0.6) is 0 Å². The molecule has 1 aliphatic heterocycles. The van der Waals surface area contributed by atoms with Crippen LogP contribution in [0.1, 0.15) is 16.8 Å². The SMILES string of the molecule is O=C(NC1=NCCCN1c1cccc(F)c1)c1ccccc1. The van der Waals surface area contributed by atoms with Gasteiger partial charge in [-0.1, -0.05) is 24.3 Å². The summed E-state index contributed by atoms with van der Waals surface area (Å²) in [5, 5.41) is 2.82. The van der Waals surface area contributed by atoms with Crippen LogP contribution in [0.2, 0.25) is 0 Å². The average molecular weight is 297 g/mol. The Morgan fingerprint density at radius 2 is 1.95 bits per heavy atom. The maximum absolute atomic E-state index is 13.4. The first-order valence-corrected chi connectivity index (χ1v) is 7.18. The van der Waals surface area contributed by atoms with Crippen molar-refractivity contribution in [2.45, 2.75) is 6.42 Å². The molecular weight excluding hydrogens is 281 g/mol. The first-order valence-electron chi connectivity index (χ1n) is 7.18. The number of hydrogen-bond acceptors (Lipinski definition) is 3. The molecule has 0 radical (unpaired) electrons. The van der Waals surface area contributed by atoms with Crippen molar-refractivity contribution in [2.24, 2.45) is 4.99 Å². The van der Waals surface area contributed by atoms with Gasteiger partial charge < -0.3 is 4.90 Å². The van der Waals surface area contributed by atoms with E-state index in [1.807, 2.05) is 23.1 Å². The molecule has 0 atom stereocenters. The summed E-state index contributed by atoms with van der Waals surface area (Å²) in [6.07, 6.45) is 0.862. The fourth-order valence-corrected chi connectivity index (χ4v) is 2.37. The zero-order valence-electron chi connectivity index (χ0n) is 12.0. The van der Waals surface area contributed by atoms with Crippen LogP contribution in [-0.4, -0.2) is 25.0 Å². The van der Waals surface area contributed by atoms with Gasteiger partial charge in [0.05, 0.1) is 0 Å². The summed E-state index contributed by atoms with van der Waals surface area (Å²) in [6.45, 7) is 1.34. The standard InChI is InChI=1S/C17H16FN3O/c18-14-8-4-9-15(12-14)21-11-5-10-19-17(21)20-16(22)13-6-2-1-3-7-13/h1-4,6-9,12H,5,10-11H2,(H,19,20,22). The van der Waals surface area contributed by atoms with E-state index in [9.17, 15) is 9.18 Å². The maximum atomic E-state index is 13.4. The number of amides is 1. The van der Waals surface area contributed by atoms with Gasteiger partial charge in [0.15, 0.2) is 0 Å². The Morgan fingerprint density at radius 1 is 1.14 bits per heavy atom. The van der Waals surface area contributed by atoms with E-state index in [-0.39, 0.29) is 11.7 Å². The number of carbonyl (C=O) groups is 1. The van der Waals surface area contributed by atoms with E-state index in [4.69, 9.17) is 0 Å². The summed E-state index contributed by atoms with van der Waals surface area (Å²) in [7, 11) is 0. The lowest BCUT2D eigenvalue weighted by Crippen LogP contribution is -2.47. The molecule has 0 saturated carbocycles. The van der Waals surface area contributed by atoms with Gasteiger partial charge in [0.25, 0.3) is 5.91 Å². The summed E-state index contributed by atoms with van der Waals surface area (Å²) in [5.41, 5.74) is 1.25. The van der Waals surface area contributed by atoms with Crippen molar-refractivity contribution < 1.29 is 9.18 Å². The number of guanidine groups is 1. The third kappa shape index (κ3) is 3.14. The lowest BCUT2D eigenvalue weighted by molar-refractivity contribution is 0.0976. The second-order valence-electron chi connectivity index (χ2n) is 5.01. The zero-order chi connectivity index (χ0) is 15.4. The van der Waals surface area contributed by atoms with Gasteiger partial charge >= 0.3 is 0 Å². The molecule has 22 heavy (non-hydrogen) atoms. The molecule has 0 saturated heterocycles. The molecular formula is C17H16FN3O. The first-order chi connectivity index (χ1) is 10.7. The lowest BCUT2D eigenvalue weighted by Gasteiger charge is -2.29. The second-order valence-corrected chi connectivity index (χ2v) is 5.01. The fourth-order valence-electron chi connectivity index (χ4n) is 2.37. The van der Waals surface area contributed by atoms with E-state index in [1.54, 1.807) is 24.3 Å². The Balaban J connectivity index is 1.82. The van der Waals surface area contributed by atoms with Gasteiger partial charge in [0, 0.05) is 24.3 Å². The van der Waals surface area contributed by atoms with Crippen molar-refractivity contribution in [3.05, 3.63) is 66.0 Å². The Hall–Kier alpha value is -2.69. The Kier molecular flexibility index (Phi) is 4.14. The van der Waals surface area contributed by atoms with Gasteiger partial charge in [0.2, 0.25) is 5.96 Å². The normalized spacial score (nSPS) is 14.4. The Bertz CT molecular complexity index is 700. The lowest BCUT2D eigenvalue weighted by atomic mass is 10.2. The van der Waals surface area contributed by atoms with Crippen molar-refractivity contribution in [3.63, 3.8) is 0 Å². The molecule has 5 heteroatoms. The molecule has 1 heterocycles. The molecule has 4 nitrogen and oxygen atoms in total. The Morgan fingerprint density at radius 3 is 2.73 bits per heavy atom. The minimum Gasteiger partial charge on any atom is -0.312 e. The smallest absolute Gasteiger partial charge is 0.257 e. The predicted molar refractivity (Wildman–Crippen MR) is 84.6 cm³/mol. The monoisotopic (exact) mass is 297 g/mol. The largest absolute Gasteiger partial charge is 0.312 e. The van der Waals surface area contributed by atoms with Crippen molar-refractivity contribution in [3.8, 4) is 0 Å². The molecule has 2 aromatic carbocycles. The Labute approximate surface area is 128 Å². The van der Waals surface area contributed by atoms with Crippen LogP contribution in [0, 0.1) is 5.82 Å². The van der Waals surface area contributed by atoms with E-state index in [1.165, 1.54) is 12.1 Å². The highest BCUT2D eigenvalue weighted by atomic mass is 19.1. The van der Waals surface area contributed by atoms with Gasteiger partial charge in [-0.25, -0.2) is 4.39 Å². The molecule has 112 valence electrons. The van der Waals surface area contributed by atoms with Crippen molar-refractivity contribution >= 4 is 17.6 Å². The minimum absolute atomic E-state index is 0.220. The fraction of sp³-hybridized carbons (Fsp3) is 0.176. The van der Waals surface area contributed by atoms with Gasteiger partial charge in [0.1, 0.15) is 5.82 Å². The summed E-state index contributed by atoms with van der Waals surface area (Å²) < 4.78 is 13.4. The molecule has 3 rings (SSSR count). The van der Waals surface area contributed by atoms with Crippen molar-refractivity contribution in [1.82, 2.24) is 5.32 Å². The van der Waals surface area contributed by atoms with Crippen LogP contribution in [-0.2, 0) is 0 Å². The molecule has 1 N–H and O–H groups in total. The second kappa shape index (κ2) is 6.39. The number of benzene rings is 2. The number of nitrogens with one attached hydrogen (secondary N) is 1. The molecule has 0 bridgehead atoms. The van der Waals surface area contributed by atoms with Crippen LogP contribution in [0.4, 0.5) is 10.1 Å². The maximum Gasteiger partial charge on any atom is 0.257 e. The van der Waals surface area contributed by atoms with Crippen molar-refractivity contribution in [1.29, 1.82) is 0 Å². The van der Waals surface area contributed by atoms with Crippen LogP contribution in [0.25, 0.3) is 0 Å². The topological polar surface area (TPSA) is 44.7 Å². The number of halogens is 1. The van der Waals surface area contributed by atoms with E-state index >= 15 is 0 Å².